The van der Waals surface area contributed by atoms with Crippen LogP contribution in [-0.2, 0) is 6.54 Å². The number of fused-ring (bicyclic) bond motifs is 1. The summed E-state index contributed by atoms with van der Waals surface area (Å²) in [5.41, 5.74) is 2.15. The van der Waals surface area contributed by atoms with Gasteiger partial charge >= 0.3 is 0 Å². The fourth-order valence-electron chi connectivity index (χ4n) is 3.75. The fourth-order valence-corrected chi connectivity index (χ4v) is 4.89. The number of hydrogen-bond acceptors (Lipinski definition) is 4. The van der Waals surface area contributed by atoms with Crippen LogP contribution >= 0.6 is 11.8 Å². The van der Waals surface area contributed by atoms with E-state index in [1.165, 1.54) is 49.6 Å². The standard InChI is InChI=1S/C17H24N4S/c1-4-13(10-18-7-1)11-21-16(14-5-3-9-22-12-14)20-15-6-2-8-19-17(15)21/h2,6,8,13-14,18H,1,3-5,7,9-12H2. The van der Waals surface area contributed by atoms with Gasteiger partial charge in [-0.2, -0.15) is 11.8 Å². The number of nitrogens with zero attached hydrogens (tertiary/aromatic N) is 3. The Balaban J connectivity index is 1.69. The molecule has 4 heterocycles. The molecule has 0 radical (unpaired) electrons. The highest BCUT2D eigenvalue weighted by Gasteiger charge is 2.25. The van der Waals surface area contributed by atoms with Gasteiger partial charge in [0.05, 0.1) is 0 Å². The lowest BCUT2D eigenvalue weighted by Gasteiger charge is -2.26. The summed E-state index contributed by atoms with van der Waals surface area (Å²) in [6, 6.07) is 4.11. The van der Waals surface area contributed by atoms with Crippen molar-refractivity contribution in [2.75, 3.05) is 24.6 Å². The van der Waals surface area contributed by atoms with E-state index < -0.39 is 0 Å². The molecule has 2 atom stereocenters. The molecule has 4 rings (SSSR count). The molecule has 2 saturated heterocycles. The van der Waals surface area contributed by atoms with Crippen molar-refractivity contribution < 1.29 is 0 Å². The molecule has 1 N–H and O–H groups in total. The Morgan fingerprint density at radius 3 is 3.14 bits per heavy atom. The molecule has 2 aliphatic rings. The molecule has 118 valence electrons. The predicted molar refractivity (Wildman–Crippen MR) is 92.4 cm³/mol. The van der Waals surface area contributed by atoms with Crippen molar-refractivity contribution in [2.45, 2.75) is 38.1 Å². The van der Waals surface area contributed by atoms with Crippen LogP contribution in [0.15, 0.2) is 18.3 Å². The maximum absolute atomic E-state index is 4.97. The van der Waals surface area contributed by atoms with Crippen molar-refractivity contribution in [3.05, 3.63) is 24.2 Å². The van der Waals surface area contributed by atoms with Crippen LogP contribution in [0.5, 0.6) is 0 Å². The molecule has 0 saturated carbocycles. The average Bonchev–Trinajstić information content (AvgIpc) is 2.95. The smallest absolute Gasteiger partial charge is 0.160 e. The third kappa shape index (κ3) is 2.88. The number of rotatable bonds is 3. The van der Waals surface area contributed by atoms with Gasteiger partial charge in [0.2, 0.25) is 0 Å². The van der Waals surface area contributed by atoms with E-state index in [-0.39, 0.29) is 0 Å². The van der Waals surface area contributed by atoms with E-state index in [1.54, 1.807) is 0 Å². The second-order valence-corrected chi connectivity index (χ2v) is 7.70. The molecule has 0 aromatic carbocycles. The predicted octanol–water partition coefficient (Wildman–Crippen LogP) is 3.04. The molecular weight excluding hydrogens is 292 g/mol. The molecule has 0 amide bonds. The van der Waals surface area contributed by atoms with Gasteiger partial charge in [0.25, 0.3) is 0 Å². The first kappa shape index (κ1) is 14.5. The van der Waals surface area contributed by atoms with E-state index in [1.807, 2.05) is 12.3 Å². The molecule has 2 aromatic heterocycles. The van der Waals surface area contributed by atoms with Gasteiger partial charge in [-0.1, -0.05) is 0 Å². The maximum Gasteiger partial charge on any atom is 0.160 e. The maximum atomic E-state index is 4.97. The molecule has 2 aliphatic heterocycles. The first-order chi connectivity index (χ1) is 10.9. The minimum atomic E-state index is 0.601. The van der Waals surface area contributed by atoms with Crippen LogP contribution in [0.4, 0.5) is 0 Å². The highest BCUT2D eigenvalue weighted by atomic mass is 32.2. The van der Waals surface area contributed by atoms with Crippen molar-refractivity contribution in [1.29, 1.82) is 0 Å². The SMILES string of the molecule is c1cnc2c(c1)nc(C1CCCSC1)n2CC1CCCNC1. The number of hydrogen-bond donors (Lipinski definition) is 1. The fraction of sp³-hybridized carbons (Fsp3) is 0.647. The van der Waals surface area contributed by atoms with Crippen LogP contribution in [0, 0.1) is 5.92 Å². The largest absolute Gasteiger partial charge is 0.316 e. The summed E-state index contributed by atoms with van der Waals surface area (Å²) in [5, 5.41) is 3.54. The molecule has 0 aliphatic carbocycles. The lowest BCUT2D eigenvalue weighted by Crippen LogP contribution is -2.32. The van der Waals surface area contributed by atoms with Gasteiger partial charge < -0.3 is 9.88 Å². The molecule has 2 aromatic rings. The zero-order valence-corrected chi connectivity index (χ0v) is 13.8. The summed E-state index contributed by atoms with van der Waals surface area (Å²) in [4.78, 5) is 9.60. The lowest BCUT2D eigenvalue weighted by molar-refractivity contribution is 0.333. The molecular formula is C17H24N4S. The molecule has 2 unspecified atom stereocenters. The molecule has 0 bridgehead atoms. The van der Waals surface area contributed by atoms with E-state index in [0.717, 1.165) is 24.3 Å². The van der Waals surface area contributed by atoms with Gasteiger partial charge in [-0.25, -0.2) is 9.97 Å². The number of piperidine rings is 1. The van der Waals surface area contributed by atoms with Gasteiger partial charge in [-0.15, -0.1) is 0 Å². The Morgan fingerprint density at radius 2 is 2.32 bits per heavy atom. The third-order valence-corrected chi connectivity index (χ3v) is 6.11. The Labute approximate surface area is 136 Å². The van der Waals surface area contributed by atoms with E-state index in [0.29, 0.717) is 11.8 Å². The number of imidazole rings is 1. The number of pyridine rings is 1. The zero-order valence-electron chi connectivity index (χ0n) is 13.0. The highest BCUT2D eigenvalue weighted by molar-refractivity contribution is 7.99. The number of aromatic nitrogens is 3. The number of nitrogens with one attached hydrogen (secondary N) is 1. The average molecular weight is 316 g/mol. The Hall–Kier alpha value is -1.07. The van der Waals surface area contributed by atoms with E-state index in [4.69, 9.17) is 4.98 Å². The van der Waals surface area contributed by atoms with E-state index in [9.17, 15) is 0 Å². The molecule has 2 fully saturated rings. The van der Waals surface area contributed by atoms with Crippen LogP contribution in [-0.4, -0.2) is 39.1 Å². The second-order valence-electron chi connectivity index (χ2n) is 6.55. The first-order valence-corrected chi connectivity index (χ1v) is 9.67. The van der Waals surface area contributed by atoms with Crippen LogP contribution in [0.1, 0.15) is 37.4 Å². The topological polar surface area (TPSA) is 42.7 Å². The Bertz CT molecular complexity index is 627. The van der Waals surface area contributed by atoms with Crippen molar-refractivity contribution in [3.63, 3.8) is 0 Å². The monoisotopic (exact) mass is 316 g/mol. The third-order valence-electron chi connectivity index (χ3n) is 4.90. The summed E-state index contributed by atoms with van der Waals surface area (Å²) in [6.45, 7) is 3.37. The summed E-state index contributed by atoms with van der Waals surface area (Å²) < 4.78 is 2.43. The zero-order chi connectivity index (χ0) is 14.8. The van der Waals surface area contributed by atoms with Crippen molar-refractivity contribution in [1.82, 2.24) is 19.9 Å². The molecule has 5 heteroatoms. The number of thioether (sulfide) groups is 1. The second kappa shape index (κ2) is 6.59. The van der Waals surface area contributed by atoms with Crippen molar-refractivity contribution in [3.8, 4) is 0 Å². The summed E-state index contributed by atoms with van der Waals surface area (Å²) >= 11 is 2.08. The first-order valence-electron chi connectivity index (χ1n) is 8.51. The van der Waals surface area contributed by atoms with Gasteiger partial charge in [0.15, 0.2) is 5.65 Å². The summed E-state index contributed by atoms with van der Waals surface area (Å²) in [5.74, 6) is 5.12. The molecule has 4 nitrogen and oxygen atoms in total. The minimum Gasteiger partial charge on any atom is -0.316 e. The minimum absolute atomic E-state index is 0.601. The van der Waals surface area contributed by atoms with Crippen molar-refractivity contribution in [2.24, 2.45) is 5.92 Å². The van der Waals surface area contributed by atoms with E-state index >= 15 is 0 Å². The molecule has 0 spiro atoms. The normalized spacial score (nSPS) is 26.4. The van der Waals surface area contributed by atoms with Crippen LogP contribution in [0.2, 0.25) is 0 Å². The van der Waals surface area contributed by atoms with Crippen LogP contribution < -0.4 is 5.32 Å². The van der Waals surface area contributed by atoms with E-state index in [2.05, 4.69) is 32.7 Å². The quantitative estimate of drug-likeness (QED) is 0.945. The van der Waals surface area contributed by atoms with Gasteiger partial charge in [0.1, 0.15) is 11.3 Å². The van der Waals surface area contributed by atoms with Crippen LogP contribution in [0.25, 0.3) is 11.2 Å². The summed E-state index contributed by atoms with van der Waals surface area (Å²) in [7, 11) is 0. The van der Waals surface area contributed by atoms with Crippen LogP contribution in [0.3, 0.4) is 0 Å². The Morgan fingerprint density at radius 1 is 1.32 bits per heavy atom. The van der Waals surface area contributed by atoms with Gasteiger partial charge in [-0.05, 0) is 62.6 Å². The lowest BCUT2D eigenvalue weighted by atomic mass is 9.99. The highest BCUT2D eigenvalue weighted by Crippen LogP contribution is 2.33. The van der Waals surface area contributed by atoms with Crippen molar-refractivity contribution >= 4 is 22.9 Å². The van der Waals surface area contributed by atoms with Gasteiger partial charge in [-0.3, -0.25) is 0 Å². The van der Waals surface area contributed by atoms with Gasteiger partial charge in [0, 0.05) is 24.4 Å². The molecule has 22 heavy (non-hydrogen) atoms. The summed E-state index contributed by atoms with van der Waals surface area (Å²) in [6.07, 6.45) is 7.10. The Kier molecular flexibility index (Phi) is 4.35.